The Balaban J connectivity index is 2.72. The number of carbonyl (C=O) groups excluding carboxylic acids is 2. The highest BCUT2D eigenvalue weighted by atomic mass is 16.3. The van der Waals surface area contributed by atoms with Gasteiger partial charge in [0.15, 0.2) is 0 Å². The van der Waals surface area contributed by atoms with Crippen LogP contribution >= 0.6 is 0 Å². The molecular weight excluding hydrogens is 268 g/mol. The van der Waals surface area contributed by atoms with Gasteiger partial charge in [-0.3, -0.25) is 9.59 Å². The van der Waals surface area contributed by atoms with Crippen LogP contribution < -0.4 is 11.1 Å². The Labute approximate surface area is 126 Å². The molecule has 21 heavy (non-hydrogen) atoms. The smallest absolute Gasteiger partial charge is 0.224 e. The molecule has 0 radical (unpaired) electrons. The van der Waals surface area contributed by atoms with E-state index in [2.05, 4.69) is 5.32 Å². The van der Waals surface area contributed by atoms with Gasteiger partial charge >= 0.3 is 0 Å². The van der Waals surface area contributed by atoms with E-state index in [0.29, 0.717) is 31.1 Å². The second-order valence-corrected chi connectivity index (χ2v) is 5.83. The van der Waals surface area contributed by atoms with Gasteiger partial charge in [0.2, 0.25) is 11.8 Å². The molecule has 1 heterocycles. The molecule has 5 heteroatoms. The summed E-state index contributed by atoms with van der Waals surface area (Å²) in [7, 11) is 0. The van der Waals surface area contributed by atoms with Crippen LogP contribution in [0.3, 0.4) is 0 Å². The van der Waals surface area contributed by atoms with E-state index in [4.69, 9.17) is 10.2 Å². The lowest BCUT2D eigenvalue weighted by molar-refractivity contribution is -0.134. The number of hydrogen-bond donors (Lipinski definition) is 2. The number of nitrogens with one attached hydrogen (secondary N) is 1. The van der Waals surface area contributed by atoms with Crippen LogP contribution in [0.4, 0.5) is 0 Å². The molecule has 0 spiro atoms. The Morgan fingerprint density at radius 3 is 2.52 bits per heavy atom. The first-order chi connectivity index (χ1) is 9.95. The molecule has 3 N–H and O–H groups in total. The molecule has 2 unspecified atom stereocenters. The molecule has 1 rings (SSSR count). The van der Waals surface area contributed by atoms with Crippen molar-refractivity contribution >= 4 is 11.8 Å². The average Bonchev–Trinajstić information content (AvgIpc) is 2.92. The van der Waals surface area contributed by atoms with Crippen LogP contribution in [0.15, 0.2) is 22.8 Å². The molecule has 1 aromatic heterocycles. The summed E-state index contributed by atoms with van der Waals surface area (Å²) in [5.74, 6) is -0.294. The zero-order valence-corrected chi connectivity index (χ0v) is 13.1. The molecule has 0 aromatic carbocycles. The molecule has 2 atom stereocenters. The number of rotatable bonds is 9. The van der Waals surface area contributed by atoms with Crippen LogP contribution in [-0.4, -0.2) is 11.8 Å². The summed E-state index contributed by atoms with van der Waals surface area (Å²) < 4.78 is 5.19. The third-order valence-corrected chi connectivity index (χ3v) is 3.53. The monoisotopic (exact) mass is 294 g/mol. The first-order valence-corrected chi connectivity index (χ1v) is 7.55. The Morgan fingerprint density at radius 1 is 1.33 bits per heavy atom. The van der Waals surface area contributed by atoms with Crippen LogP contribution in [0.25, 0.3) is 0 Å². The van der Waals surface area contributed by atoms with Crippen molar-refractivity contribution in [2.75, 3.05) is 0 Å². The lowest BCUT2D eigenvalue weighted by atomic mass is 9.81. The van der Waals surface area contributed by atoms with Crippen molar-refractivity contribution in [1.82, 2.24) is 5.32 Å². The van der Waals surface area contributed by atoms with Crippen LogP contribution in [0.5, 0.6) is 0 Å². The van der Waals surface area contributed by atoms with Gasteiger partial charge in [0.25, 0.3) is 0 Å². The minimum Gasteiger partial charge on any atom is -0.467 e. The first-order valence-electron chi connectivity index (χ1n) is 7.55. The standard InChI is InChI=1S/C16H26N2O3/c1-4-6-13(14(15(17)19)9-11(2)3)16(20)18-10-12-7-5-8-21-12/h5,7-8,11,13-14H,4,6,9-10H2,1-3H3,(H2,17,19)(H,18,20). The fourth-order valence-corrected chi connectivity index (χ4v) is 2.53. The molecule has 1 aromatic rings. The maximum atomic E-state index is 12.4. The fraction of sp³-hybridized carbons (Fsp3) is 0.625. The average molecular weight is 294 g/mol. The summed E-state index contributed by atoms with van der Waals surface area (Å²) in [4.78, 5) is 24.1. The summed E-state index contributed by atoms with van der Waals surface area (Å²) in [6, 6.07) is 3.57. The van der Waals surface area contributed by atoms with Gasteiger partial charge in [-0.15, -0.1) is 0 Å². The van der Waals surface area contributed by atoms with Gasteiger partial charge in [0.05, 0.1) is 12.8 Å². The van der Waals surface area contributed by atoms with Gasteiger partial charge in [-0.05, 0) is 30.9 Å². The molecule has 118 valence electrons. The minimum atomic E-state index is -0.415. The van der Waals surface area contributed by atoms with Gasteiger partial charge in [0.1, 0.15) is 5.76 Å². The molecule has 0 aliphatic rings. The maximum Gasteiger partial charge on any atom is 0.224 e. The number of primary amides is 1. The second-order valence-electron chi connectivity index (χ2n) is 5.83. The van der Waals surface area contributed by atoms with E-state index < -0.39 is 11.8 Å². The van der Waals surface area contributed by atoms with E-state index in [1.54, 1.807) is 18.4 Å². The van der Waals surface area contributed by atoms with Gasteiger partial charge in [-0.25, -0.2) is 0 Å². The normalized spacial score (nSPS) is 13.9. The van der Waals surface area contributed by atoms with Crippen molar-refractivity contribution < 1.29 is 14.0 Å². The van der Waals surface area contributed by atoms with E-state index >= 15 is 0 Å². The number of furan rings is 1. The van der Waals surface area contributed by atoms with E-state index in [-0.39, 0.29) is 11.8 Å². The quantitative estimate of drug-likeness (QED) is 0.733. The van der Waals surface area contributed by atoms with E-state index in [0.717, 1.165) is 6.42 Å². The van der Waals surface area contributed by atoms with Gasteiger partial charge < -0.3 is 15.5 Å². The topological polar surface area (TPSA) is 85.3 Å². The molecular formula is C16H26N2O3. The minimum absolute atomic E-state index is 0.127. The number of amides is 2. The molecule has 0 aliphatic carbocycles. The summed E-state index contributed by atoms with van der Waals surface area (Å²) in [5, 5.41) is 2.84. The third-order valence-electron chi connectivity index (χ3n) is 3.53. The van der Waals surface area contributed by atoms with E-state index in [1.165, 1.54) is 0 Å². The summed E-state index contributed by atoms with van der Waals surface area (Å²) in [6.45, 7) is 6.39. The van der Waals surface area contributed by atoms with Crippen molar-refractivity contribution in [2.45, 2.75) is 46.6 Å². The maximum absolute atomic E-state index is 12.4. The lowest BCUT2D eigenvalue weighted by Crippen LogP contribution is -2.40. The van der Waals surface area contributed by atoms with Crippen LogP contribution in [0, 0.1) is 17.8 Å². The summed E-state index contributed by atoms with van der Waals surface area (Å²) in [5.41, 5.74) is 5.51. The Morgan fingerprint density at radius 2 is 2.05 bits per heavy atom. The predicted octanol–water partition coefficient (Wildman–Crippen LogP) is 2.46. The van der Waals surface area contributed by atoms with Crippen molar-refractivity contribution in [3.05, 3.63) is 24.2 Å². The summed E-state index contributed by atoms with van der Waals surface area (Å²) >= 11 is 0. The zero-order chi connectivity index (χ0) is 15.8. The highest BCUT2D eigenvalue weighted by Crippen LogP contribution is 2.25. The van der Waals surface area contributed by atoms with Crippen molar-refractivity contribution in [3.8, 4) is 0 Å². The van der Waals surface area contributed by atoms with Crippen molar-refractivity contribution in [1.29, 1.82) is 0 Å². The zero-order valence-electron chi connectivity index (χ0n) is 13.1. The number of nitrogens with two attached hydrogens (primary N) is 1. The van der Waals surface area contributed by atoms with Crippen LogP contribution in [0.2, 0.25) is 0 Å². The largest absolute Gasteiger partial charge is 0.467 e. The molecule has 5 nitrogen and oxygen atoms in total. The molecule has 0 saturated carbocycles. The highest BCUT2D eigenvalue weighted by Gasteiger charge is 2.32. The van der Waals surface area contributed by atoms with Gasteiger partial charge in [-0.1, -0.05) is 27.2 Å². The molecule has 0 saturated heterocycles. The van der Waals surface area contributed by atoms with Crippen LogP contribution in [0.1, 0.15) is 45.8 Å². The van der Waals surface area contributed by atoms with E-state index in [1.807, 2.05) is 20.8 Å². The molecule has 0 fully saturated rings. The first kappa shape index (κ1) is 17.3. The van der Waals surface area contributed by atoms with Crippen molar-refractivity contribution in [2.24, 2.45) is 23.5 Å². The van der Waals surface area contributed by atoms with Crippen molar-refractivity contribution in [3.63, 3.8) is 0 Å². The Hall–Kier alpha value is -1.78. The molecule has 0 bridgehead atoms. The fourth-order valence-electron chi connectivity index (χ4n) is 2.53. The lowest BCUT2D eigenvalue weighted by Gasteiger charge is -2.25. The Kier molecular flexibility index (Phi) is 6.99. The molecule has 2 amide bonds. The van der Waals surface area contributed by atoms with Gasteiger partial charge in [-0.2, -0.15) is 0 Å². The number of hydrogen-bond acceptors (Lipinski definition) is 3. The third kappa shape index (κ3) is 5.61. The van der Waals surface area contributed by atoms with Crippen LogP contribution in [-0.2, 0) is 16.1 Å². The summed E-state index contributed by atoms with van der Waals surface area (Å²) in [6.07, 6.45) is 3.69. The number of carbonyl (C=O) groups is 2. The van der Waals surface area contributed by atoms with E-state index in [9.17, 15) is 9.59 Å². The van der Waals surface area contributed by atoms with Gasteiger partial charge in [0, 0.05) is 11.8 Å². The second kappa shape index (κ2) is 8.49. The highest BCUT2D eigenvalue weighted by molar-refractivity contribution is 5.86. The SMILES string of the molecule is CCCC(C(=O)NCc1ccco1)C(CC(C)C)C(N)=O. The predicted molar refractivity (Wildman–Crippen MR) is 81.1 cm³/mol. The molecule has 0 aliphatic heterocycles. The Bertz CT molecular complexity index is 440.